The molecule has 18 heavy (non-hydrogen) atoms. The summed E-state index contributed by atoms with van der Waals surface area (Å²) in [7, 11) is 0. The van der Waals surface area contributed by atoms with E-state index in [4.69, 9.17) is 5.73 Å². The second-order valence-electron chi connectivity index (χ2n) is 4.33. The quantitative estimate of drug-likeness (QED) is 0.594. The Hall–Kier alpha value is -1.35. The largest absolute Gasteiger partial charge is 0.387 e. The number of hydrogen-bond donors (Lipinski definition) is 1. The van der Waals surface area contributed by atoms with Gasteiger partial charge in [-0.15, -0.1) is 0 Å². The third-order valence-corrected chi connectivity index (χ3v) is 3.27. The number of hydrogen-bond acceptors (Lipinski definition) is 2. The molecule has 1 unspecified atom stereocenters. The highest BCUT2D eigenvalue weighted by Gasteiger charge is 2.17. The minimum atomic E-state index is 0.325. The molecule has 0 spiro atoms. The molecule has 0 fully saturated rings. The summed E-state index contributed by atoms with van der Waals surface area (Å²) in [5, 5.41) is 0. The van der Waals surface area contributed by atoms with E-state index in [0.717, 1.165) is 31.9 Å². The zero-order valence-electron chi connectivity index (χ0n) is 11.8. The van der Waals surface area contributed by atoms with Crippen LogP contribution in [0.2, 0.25) is 0 Å². The first kappa shape index (κ1) is 14.7. The molecule has 0 radical (unpaired) electrons. The summed E-state index contributed by atoms with van der Waals surface area (Å²) in [5.74, 6) is 0.739. The van der Waals surface area contributed by atoms with Crippen LogP contribution in [0, 0.1) is 0 Å². The van der Waals surface area contributed by atoms with Gasteiger partial charge in [-0.2, -0.15) is 0 Å². The van der Waals surface area contributed by atoms with E-state index in [1.807, 2.05) is 13.0 Å². The molecular weight excluding hydrogens is 222 g/mol. The summed E-state index contributed by atoms with van der Waals surface area (Å²) in [6.07, 6.45) is 0.819. The fourth-order valence-electron chi connectivity index (χ4n) is 2.09. The summed E-state index contributed by atoms with van der Waals surface area (Å²) in [6.45, 7) is 9.20. The van der Waals surface area contributed by atoms with Gasteiger partial charge in [0, 0.05) is 6.42 Å². The van der Waals surface area contributed by atoms with Gasteiger partial charge in [0.1, 0.15) is 0 Å². The lowest BCUT2D eigenvalue weighted by Gasteiger charge is -2.29. The summed E-state index contributed by atoms with van der Waals surface area (Å²) in [4.78, 5) is 6.91. The van der Waals surface area contributed by atoms with Gasteiger partial charge < -0.3 is 5.73 Å². The van der Waals surface area contributed by atoms with Crippen LogP contribution in [0.4, 0.5) is 0 Å². The number of rotatable bonds is 7. The molecule has 0 saturated carbocycles. The molecule has 100 valence electrons. The topological polar surface area (TPSA) is 41.6 Å². The minimum absolute atomic E-state index is 0.325. The van der Waals surface area contributed by atoms with Crippen LogP contribution in [0.15, 0.2) is 35.3 Å². The number of nitrogens with two attached hydrogens (primary N) is 1. The Balaban J connectivity index is 2.88. The summed E-state index contributed by atoms with van der Waals surface area (Å²) >= 11 is 0. The third kappa shape index (κ3) is 4.15. The van der Waals surface area contributed by atoms with Crippen molar-refractivity contribution < 1.29 is 0 Å². The second-order valence-corrected chi connectivity index (χ2v) is 4.33. The zero-order valence-corrected chi connectivity index (χ0v) is 11.8. The average molecular weight is 247 g/mol. The van der Waals surface area contributed by atoms with Crippen molar-refractivity contribution >= 4 is 5.84 Å². The predicted molar refractivity (Wildman–Crippen MR) is 78.9 cm³/mol. The summed E-state index contributed by atoms with van der Waals surface area (Å²) in [5.41, 5.74) is 7.13. The fourth-order valence-corrected chi connectivity index (χ4v) is 2.09. The molecule has 1 aromatic rings. The molecule has 0 saturated heterocycles. The Morgan fingerprint density at radius 3 is 2.28 bits per heavy atom. The molecule has 1 rings (SSSR count). The van der Waals surface area contributed by atoms with Crippen molar-refractivity contribution in [3.05, 3.63) is 35.9 Å². The van der Waals surface area contributed by atoms with Crippen molar-refractivity contribution in [3.63, 3.8) is 0 Å². The first-order valence-electron chi connectivity index (χ1n) is 6.80. The van der Waals surface area contributed by atoms with Gasteiger partial charge in [0.2, 0.25) is 0 Å². The second kappa shape index (κ2) is 7.88. The monoisotopic (exact) mass is 247 g/mol. The molecule has 1 atom stereocenters. The molecule has 0 amide bonds. The van der Waals surface area contributed by atoms with Gasteiger partial charge in [0.15, 0.2) is 0 Å². The van der Waals surface area contributed by atoms with E-state index in [2.05, 4.69) is 48.0 Å². The Bertz CT molecular complexity index is 355. The smallest absolute Gasteiger partial charge is 0.0935 e. The Morgan fingerprint density at radius 2 is 1.78 bits per heavy atom. The standard InChI is InChI=1S/C15H25N3/c1-4-15(16)17-12-14(18(5-2)6-3)13-10-8-7-9-11-13/h7-11,14H,4-6,12H2,1-3H3,(H2,16,17). The molecular formula is C15H25N3. The van der Waals surface area contributed by atoms with Crippen molar-refractivity contribution in [2.24, 2.45) is 10.7 Å². The Labute approximate surface area is 111 Å². The summed E-state index contributed by atoms with van der Waals surface area (Å²) in [6, 6.07) is 10.9. The van der Waals surface area contributed by atoms with Crippen LogP contribution in [-0.2, 0) is 0 Å². The molecule has 0 aliphatic rings. The molecule has 0 heterocycles. The van der Waals surface area contributed by atoms with E-state index in [9.17, 15) is 0 Å². The lowest BCUT2D eigenvalue weighted by molar-refractivity contribution is 0.224. The predicted octanol–water partition coefficient (Wildman–Crippen LogP) is 2.84. The molecule has 1 aromatic carbocycles. The number of amidine groups is 1. The average Bonchev–Trinajstić information content (AvgIpc) is 2.44. The number of nitrogens with zero attached hydrogens (tertiary/aromatic N) is 2. The zero-order chi connectivity index (χ0) is 13.4. The third-order valence-electron chi connectivity index (χ3n) is 3.27. The van der Waals surface area contributed by atoms with Gasteiger partial charge in [-0.25, -0.2) is 0 Å². The van der Waals surface area contributed by atoms with Crippen molar-refractivity contribution in [2.75, 3.05) is 19.6 Å². The first-order valence-corrected chi connectivity index (χ1v) is 6.80. The van der Waals surface area contributed by atoms with Crippen LogP contribution in [0.25, 0.3) is 0 Å². The van der Waals surface area contributed by atoms with E-state index in [0.29, 0.717) is 6.04 Å². The number of likely N-dealkylation sites (N-methyl/N-ethyl adjacent to an activating group) is 1. The lowest BCUT2D eigenvalue weighted by Crippen LogP contribution is -2.31. The highest BCUT2D eigenvalue weighted by Crippen LogP contribution is 2.20. The van der Waals surface area contributed by atoms with Crippen molar-refractivity contribution in [3.8, 4) is 0 Å². The van der Waals surface area contributed by atoms with Crippen LogP contribution in [0.1, 0.15) is 38.8 Å². The summed E-state index contributed by atoms with van der Waals surface area (Å²) < 4.78 is 0. The molecule has 3 nitrogen and oxygen atoms in total. The maximum Gasteiger partial charge on any atom is 0.0935 e. The van der Waals surface area contributed by atoms with Crippen molar-refractivity contribution in [1.82, 2.24) is 4.90 Å². The van der Waals surface area contributed by atoms with Crippen molar-refractivity contribution in [1.29, 1.82) is 0 Å². The highest BCUT2D eigenvalue weighted by atomic mass is 15.2. The maximum absolute atomic E-state index is 5.81. The lowest BCUT2D eigenvalue weighted by atomic mass is 10.1. The van der Waals surface area contributed by atoms with Crippen LogP contribution >= 0.6 is 0 Å². The Kier molecular flexibility index (Phi) is 6.44. The molecule has 0 aromatic heterocycles. The fraction of sp³-hybridized carbons (Fsp3) is 0.533. The normalized spacial score (nSPS) is 13.9. The van der Waals surface area contributed by atoms with Crippen molar-refractivity contribution in [2.45, 2.75) is 33.2 Å². The van der Waals surface area contributed by atoms with E-state index in [1.54, 1.807) is 0 Å². The van der Waals surface area contributed by atoms with E-state index in [-0.39, 0.29) is 0 Å². The van der Waals surface area contributed by atoms with Crippen LogP contribution in [0.5, 0.6) is 0 Å². The maximum atomic E-state index is 5.81. The molecule has 2 N–H and O–H groups in total. The number of aliphatic imine (C=N–C) groups is 1. The van der Waals surface area contributed by atoms with Gasteiger partial charge in [-0.05, 0) is 18.7 Å². The van der Waals surface area contributed by atoms with Gasteiger partial charge in [-0.3, -0.25) is 9.89 Å². The minimum Gasteiger partial charge on any atom is -0.387 e. The SMILES string of the molecule is CCC(N)=NCC(c1ccccc1)N(CC)CC. The van der Waals surface area contributed by atoms with E-state index < -0.39 is 0 Å². The molecule has 3 heteroatoms. The highest BCUT2D eigenvalue weighted by molar-refractivity contribution is 5.79. The van der Waals surface area contributed by atoms with Crippen LogP contribution in [0.3, 0.4) is 0 Å². The van der Waals surface area contributed by atoms with E-state index >= 15 is 0 Å². The molecule has 0 aliphatic heterocycles. The van der Waals surface area contributed by atoms with Gasteiger partial charge >= 0.3 is 0 Å². The molecule has 0 bridgehead atoms. The number of benzene rings is 1. The molecule has 0 aliphatic carbocycles. The van der Waals surface area contributed by atoms with E-state index in [1.165, 1.54) is 5.56 Å². The van der Waals surface area contributed by atoms with Crippen LogP contribution < -0.4 is 5.73 Å². The van der Waals surface area contributed by atoms with Crippen LogP contribution in [-0.4, -0.2) is 30.4 Å². The Morgan fingerprint density at radius 1 is 1.17 bits per heavy atom. The van der Waals surface area contributed by atoms with Gasteiger partial charge in [0.25, 0.3) is 0 Å². The first-order chi connectivity index (χ1) is 8.72. The van der Waals surface area contributed by atoms with Gasteiger partial charge in [0.05, 0.1) is 18.4 Å². The van der Waals surface area contributed by atoms with Gasteiger partial charge in [-0.1, -0.05) is 51.1 Å².